The van der Waals surface area contributed by atoms with Crippen LogP contribution in [0.15, 0.2) is 90.6 Å². The first-order valence-electron chi connectivity index (χ1n) is 9.93. The van der Waals surface area contributed by atoms with Gasteiger partial charge in [0.2, 0.25) is 0 Å². The summed E-state index contributed by atoms with van der Waals surface area (Å²) in [5.74, 6) is 0. The molecule has 6 nitrogen and oxygen atoms in total. The van der Waals surface area contributed by atoms with Crippen molar-refractivity contribution < 1.29 is 14.7 Å². The molecule has 0 fully saturated rings. The molecule has 6 heteroatoms. The predicted molar refractivity (Wildman–Crippen MR) is 120 cm³/mol. The Morgan fingerprint density at radius 2 is 1.52 bits per heavy atom. The van der Waals surface area contributed by atoms with Crippen LogP contribution in [0.4, 0.5) is 0 Å². The molecule has 1 aliphatic rings. The Morgan fingerprint density at radius 1 is 0.903 bits per heavy atom. The van der Waals surface area contributed by atoms with Crippen molar-refractivity contribution in [2.45, 2.75) is 12.5 Å². The molecule has 0 saturated heterocycles. The number of rotatable bonds is 4. The van der Waals surface area contributed by atoms with E-state index in [2.05, 4.69) is 0 Å². The molecule has 0 aliphatic carbocycles. The zero-order valence-corrected chi connectivity index (χ0v) is 16.5. The highest BCUT2D eigenvalue weighted by atomic mass is 16.9. The number of hydrogen-bond acceptors (Lipinski definition) is 4. The summed E-state index contributed by atoms with van der Waals surface area (Å²) in [5.41, 5.74) is 1.27. The molecular formula is C25H18N2O4. The number of nitrogens with zero attached hydrogens (tertiary/aromatic N) is 2. The van der Waals surface area contributed by atoms with Gasteiger partial charge in [0, 0.05) is 11.0 Å². The van der Waals surface area contributed by atoms with Gasteiger partial charge < -0.3 is 4.84 Å². The highest BCUT2D eigenvalue weighted by Crippen LogP contribution is 2.34. The Labute approximate surface area is 178 Å². The Kier molecular flexibility index (Phi) is 4.59. The SMILES string of the molecule is O=[N+]([O-])/C(=C/c1cccc2ccccc12)C1=[N+]([O-])OC(c2cccc3ccccc23)C1. The third kappa shape index (κ3) is 3.38. The zero-order chi connectivity index (χ0) is 21.4. The second kappa shape index (κ2) is 7.57. The first-order valence-corrected chi connectivity index (χ1v) is 9.93. The lowest BCUT2D eigenvalue weighted by molar-refractivity contribution is -0.743. The number of benzene rings is 4. The van der Waals surface area contributed by atoms with E-state index in [-0.39, 0.29) is 17.8 Å². The minimum atomic E-state index is -0.588. The van der Waals surface area contributed by atoms with Crippen LogP contribution in [0.1, 0.15) is 23.7 Å². The summed E-state index contributed by atoms with van der Waals surface area (Å²) in [6.45, 7) is 0. The standard InChI is InChI=1S/C25H18N2O4/c28-26(29)23(15-19-11-5-9-17-7-1-3-12-20(17)19)24-16-25(31-27(24)30)22-14-6-10-18-8-2-4-13-21(18)22/h1-15,25H,16H2/b23-15+. The van der Waals surface area contributed by atoms with Crippen molar-refractivity contribution in [3.8, 4) is 0 Å². The van der Waals surface area contributed by atoms with Crippen molar-refractivity contribution >= 4 is 33.3 Å². The molecule has 4 aromatic rings. The van der Waals surface area contributed by atoms with E-state index in [4.69, 9.17) is 4.84 Å². The third-order valence-electron chi connectivity index (χ3n) is 5.60. The van der Waals surface area contributed by atoms with E-state index >= 15 is 0 Å². The van der Waals surface area contributed by atoms with Gasteiger partial charge >= 0.3 is 11.4 Å². The molecule has 1 atom stereocenters. The average molecular weight is 410 g/mol. The normalized spacial score (nSPS) is 16.6. The fourth-order valence-electron chi connectivity index (χ4n) is 4.13. The summed E-state index contributed by atoms with van der Waals surface area (Å²) < 4.78 is 0. The van der Waals surface area contributed by atoms with Crippen LogP contribution in [0, 0.1) is 15.3 Å². The zero-order valence-electron chi connectivity index (χ0n) is 16.5. The Hall–Kier alpha value is -4.19. The van der Waals surface area contributed by atoms with E-state index in [1.165, 1.54) is 6.08 Å². The van der Waals surface area contributed by atoms with E-state index in [0.717, 1.165) is 27.1 Å². The molecule has 0 aromatic heterocycles. The maximum Gasteiger partial charge on any atom is 0.342 e. The van der Waals surface area contributed by atoms with Gasteiger partial charge in [-0.3, -0.25) is 15.3 Å². The van der Waals surface area contributed by atoms with E-state index < -0.39 is 11.0 Å². The van der Waals surface area contributed by atoms with E-state index in [0.29, 0.717) is 10.5 Å². The maximum atomic E-state index is 12.6. The molecule has 0 saturated carbocycles. The number of fused-ring (bicyclic) bond motifs is 2. The van der Waals surface area contributed by atoms with Crippen LogP contribution in [0.3, 0.4) is 0 Å². The fraction of sp³-hybridized carbons (Fsp3) is 0.0800. The van der Waals surface area contributed by atoms with Gasteiger partial charge in [-0.25, -0.2) is 0 Å². The second-order valence-corrected chi connectivity index (χ2v) is 7.43. The van der Waals surface area contributed by atoms with Crippen LogP contribution in [0.25, 0.3) is 27.6 Å². The third-order valence-corrected chi connectivity index (χ3v) is 5.60. The van der Waals surface area contributed by atoms with Crippen molar-refractivity contribution in [3.05, 3.63) is 117 Å². The van der Waals surface area contributed by atoms with Gasteiger partial charge in [0.25, 0.3) is 0 Å². The second-order valence-electron chi connectivity index (χ2n) is 7.43. The van der Waals surface area contributed by atoms with Crippen molar-refractivity contribution in [3.63, 3.8) is 0 Å². The molecular weight excluding hydrogens is 392 g/mol. The van der Waals surface area contributed by atoms with E-state index in [1.54, 1.807) is 6.07 Å². The first-order chi connectivity index (χ1) is 15.1. The molecule has 1 aliphatic heterocycles. The molecule has 5 rings (SSSR count). The average Bonchev–Trinajstić information content (AvgIpc) is 3.17. The highest BCUT2D eigenvalue weighted by molar-refractivity contribution is 6.01. The topological polar surface area (TPSA) is 78.4 Å². The van der Waals surface area contributed by atoms with Crippen molar-refractivity contribution in [1.29, 1.82) is 0 Å². The molecule has 1 heterocycles. The summed E-state index contributed by atoms with van der Waals surface area (Å²) in [6.07, 6.45) is 0.987. The highest BCUT2D eigenvalue weighted by Gasteiger charge is 2.39. The van der Waals surface area contributed by atoms with Gasteiger partial charge in [-0.15, -0.1) is 0 Å². The van der Waals surface area contributed by atoms with E-state index in [1.807, 2.05) is 78.9 Å². The molecule has 0 amide bonds. The minimum Gasteiger partial charge on any atom is -0.394 e. The van der Waals surface area contributed by atoms with Crippen LogP contribution in [0.2, 0.25) is 0 Å². The van der Waals surface area contributed by atoms with Crippen molar-refractivity contribution in [2.24, 2.45) is 0 Å². The summed E-state index contributed by atoms with van der Waals surface area (Å²) in [5, 5.41) is 28.4. The fourth-order valence-corrected chi connectivity index (χ4v) is 4.13. The largest absolute Gasteiger partial charge is 0.394 e. The van der Waals surface area contributed by atoms with Crippen LogP contribution in [-0.2, 0) is 4.84 Å². The quantitative estimate of drug-likeness (QED) is 0.248. The van der Waals surface area contributed by atoms with Gasteiger partial charge in [0.15, 0.2) is 0 Å². The minimum absolute atomic E-state index is 0.0101. The van der Waals surface area contributed by atoms with Gasteiger partial charge in [-0.1, -0.05) is 84.9 Å². The summed E-state index contributed by atoms with van der Waals surface area (Å²) in [6, 6.07) is 26.8. The molecule has 0 N–H and O–H groups in total. The van der Waals surface area contributed by atoms with Crippen LogP contribution in [-0.4, -0.2) is 15.5 Å². The molecule has 0 bridgehead atoms. The van der Waals surface area contributed by atoms with Gasteiger partial charge in [-0.05, 0) is 32.7 Å². The lowest BCUT2D eigenvalue weighted by atomic mass is 9.96. The van der Waals surface area contributed by atoms with Crippen LogP contribution >= 0.6 is 0 Å². The number of nitro groups is 1. The van der Waals surface area contributed by atoms with Crippen molar-refractivity contribution in [1.82, 2.24) is 0 Å². The lowest BCUT2D eigenvalue weighted by Crippen LogP contribution is -2.16. The number of hydrogen-bond donors (Lipinski definition) is 0. The Balaban J connectivity index is 1.55. The molecule has 0 radical (unpaired) electrons. The summed E-state index contributed by atoms with van der Waals surface area (Å²) in [7, 11) is 0. The molecule has 1 unspecified atom stereocenters. The maximum absolute atomic E-state index is 12.6. The molecule has 31 heavy (non-hydrogen) atoms. The van der Waals surface area contributed by atoms with Gasteiger partial charge in [-0.2, -0.15) is 0 Å². The Bertz CT molecular complexity index is 1380. The number of allylic oxidation sites excluding steroid dienone is 1. The monoisotopic (exact) mass is 410 g/mol. The van der Waals surface area contributed by atoms with Gasteiger partial charge in [0.05, 0.1) is 11.3 Å². The van der Waals surface area contributed by atoms with Crippen LogP contribution < -0.4 is 0 Å². The predicted octanol–water partition coefficient (Wildman–Crippen LogP) is 5.64. The Morgan fingerprint density at radius 3 is 2.26 bits per heavy atom. The first kappa shape index (κ1) is 18.8. The molecule has 4 aromatic carbocycles. The summed E-state index contributed by atoms with van der Waals surface area (Å²) in [4.78, 5) is 17.2. The lowest BCUT2D eigenvalue weighted by Gasteiger charge is -2.14. The summed E-state index contributed by atoms with van der Waals surface area (Å²) >= 11 is 0. The molecule has 0 spiro atoms. The van der Waals surface area contributed by atoms with E-state index in [9.17, 15) is 15.3 Å². The molecule has 152 valence electrons. The smallest absolute Gasteiger partial charge is 0.342 e. The van der Waals surface area contributed by atoms with Crippen molar-refractivity contribution in [2.75, 3.05) is 0 Å². The van der Waals surface area contributed by atoms with Crippen LogP contribution in [0.5, 0.6) is 0 Å². The van der Waals surface area contributed by atoms with Gasteiger partial charge in [0.1, 0.15) is 6.10 Å².